The SMILES string of the molecule is CCCNc1nc(-c2cscn2)nc(C(C)C)c1Br. The first-order valence-corrected chi connectivity index (χ1v) is 8.07. The summed E-state index contributed by atoms with van der Waals surface area (Å²) in [5.74, 6) is 1.87. The summed E-state index contributed by atoms with van der Waals surface area (Å²) in [5, 5.41) is 5.31. The van der Waals surface area contributed by atoms with E-state index in [1.807, 2.05) is 5.38 Å². The second kappa shape index (κ2) is 6.43. The number of aromatic nitrogens is 3. The normalized spacial score (nSPS) is 11.0. The third-order valence-electron chi connectivity index (χ3n) is 2.63. The molecule has 4 nitrogen and oxygen atoms in total. The van der Waals surface area contributed by atoms with E-state index in [0.29, 0.717) is 11.7 Å². The molecule has 0 amide bonds. The van der Waals surface area contributed by atoms with Crippen molar-refractivity contribution < 1.29 is 0 Å². The van der Waals surface area contributed by atoms with Crippen molar-refractivity contribution in [1.29, 1.82) is 0 Å². The fraction of sp³-hybridized carbons (Fsp3) is 0.462. The largest absolute Gasteiger partial charge is 0.369 e. The summed E-state index contributed by atoms with van der Waals surface area (Å²) in [5.41, 5.74) is 3.64. The molecule has 2 aromatic rings. The van der Waals surface area contributed by atoms with Crippen molar-refractivity contribution in [3.63, 3.8) is 0 Å². The third kappa shape index (κ3) is 3.30. The number of halogens is 1. The number of rotatable bonds is 5. The summed E-state index contributed by atoms with van der Waals surface area (Å²) in [6.45, 7) is 7.28. The Balaban J connectivity index is 2.47. The Bertz CT molecular complexity index is 540. The van der Waals surface area contributed by atoms with Gasteiger partial charge in [-0.25, -0.2) is 15.0 Å². The van der Waals surface area contributed by atoms with Gasteiger partial charge in [-0.15, -0.1) is 11.3 Å². The topological polar surface area (TPSA) is 50.7 Å². The highest BCUT2D eigenvalue weighted by molar-refractivity contribution is 9.10. The molecule has 0 bridgehead atoms. The standard InChI is InChI=1S/C13H17BrN4S/c1-4-5-15-13-10(14)11(8(2)3)17-12(18-13)9-6-19-7-16-9/h6-8H,4-5H2,1-3H3,(H,15,17,18). The fourth-order valence-electron chi connectivity index (χ4n) is 1.65. The lowest BCUT2D eigenvalue weighted by Crippen LogP contribution is -2.08. The first-order chi connectivity index (χ1) is 9.13. The van der Waals surface area contributed by atoms with Gasteiger partial charge in [0, 0.05) is 11.9 Å². The number of nitrogens with one attached hydrogen (secondary N) is 1. The van der Waals surface area contributed by atoms with Crippen molar-refractivity contribution >= 4 is 33.1 Å². The second-order valence-electron chi connectivity index (χ2n) is 4.55. The van der Waals surface area contributed by atoms with Crippen LogP contribution in [0.25, 0.3) is 11.5 Å². The van der Waals surface area contributed by atoms with Gasteiger partial charge < -0.3 is 5.32 Å². The van der Waals surface area contributed by atoms with E-state index in [-0.39, 0.29) is 0 Å². The zero-order valence-corrected chi connectivity index (χ0v) is 13.7. The lowest BCUT2D eigenvalue weighted by molar-refractivity contribution is 0.807. The highest BCUT2D eigenvalue weighted by Gasteiger charge is 2.16. The van der Waals surface area contributed by atoms with E-state index in [9.17, 15) is 0 Å². The maximum atomic E-state index is 4.63. The lowest BCUT2D eigenvalue weighted by Gasteiger charge is -2.14. The summed E-state index contributed by atoms with van der Waals surface area (Å²) in [6, 6.07) is 0. The van der Waals surface area contributed by atoms with Crippen LogP contribution >= 0.6 is 27.3 Å². The highest BCUT2D eigenvalue weighted by atomic mass is 79.9. The van der Waals surface area contributed by atoms with Gasteiger partial charge in [0.1, 0.15) is 11.5 Å². The summed E-state index contributed by atoms with van der Waals surface area (Å²) in [7, 11) is 0. The predicted molar refractivity (Wildman–Crippen MR) is 83.7 cm³/mol. The van der Waals surface area contributed by atoms with E-state index in [2.05, 4.69) is 57.0 Å². The van der Waals surface area contributed by atoms with Gasteiger partial charge in [-0.05, 0) is 28.3 Å². The summed E-state index contributed by atoms with van der Waals surface area (Å²) >= 11 is 5.16. The molecule has 0 saturated carbocycles. The van der Waals surface area contributed by atoms with E-state index < -0.39 is 0 Å². The molecule has 19 heavy (non-hydrogen) atoms. The highest BCUT2D eigenvalue weighted by Crippen LogP contribution is 2.31. The van der Waals surface area contributed by atoms with Gasteiger partial charge in [-0.2, -0.15) is 0 Å². The van der Waals surface area contributed by atoms with Crippen LogP contribution in [0.5, 0.6) is 0 Å². The Labute approximate surface area is 125 Å². The van der Waals surface area contributed by atoms with E-state index >= 15 is 0 Å². The summed E-state index contributed by atoms with van der Waals surface area (Å²) in [6.07, 6.45) is 1.06. The molecule has 0 aliphatic carbocycles. The number of anilines is 1. The molecule has 0 spiro atoms. The Kier molecular flexibility index (Phi) is 4.87. The molecule has 0 atom stereocenters. The number of thiazole rings is 1. The Hall–Kier alpha value is -1.01. The molecular formula is C13H17BrN4S. The van der Waals surface area contributed by atoms with Crippen LogP contribution in [0.4, 0.5) is 5.82 Å². The fourth-order valence-corrected chi connectivity index (χ4v) is 2.95. The zero-order chi connectivity index (χ0) is 13.8. The van der Waals surface area contributed by atoms with Crippen molar-refractivity contribution in [2.45, 2.75) is 33.1 Å². The summed E-state index contributed by atoms with van der Waals surface area (Å²) < 4.78 is 0.954. The molecule has 1 N–H and O–H groups in total. The molecule has 0 aromatic carbocycles. The maximum absolute atomic E-state index is 4.63. The van der Waals surface area contributed by atoms with Crippen molar-refractivity contribution in [3.8, 4) is 11.5 Å². The minimum Gasteiger partial charge on any atom is -0.369 e. The first kappa shape index (κ1) is 14.4. The van der Waals surface area contributed by atoms with Gasteiger partial charge in [-0.3, -0.25) is 0 Å². The van der Waals surface area contributed by atoms with Crippen LogP contribution in [-0.4, -0.2) is 21.5 Å². The predicted octanol–water partition coefficient (Wildman–Crippen LogP) is 4.31. The van der Waals surface area contributed by atoms with Crippen LogP contribution in [-0.2, 0) is 0 Å². The van der Waals surface area contributed by atoms with Crippen LogP contribution in [0.15, 0.2) is 15.4 Å². The van der Waals surface area contributed by atoms with Crippen LogP contribution in [0, 0.1) is 0 Å². The minimum absolute atomic E-state index is 0.330. The molecule has 0 aliphatic heterocycles. The molecule has 0 fully saturated rings. The molecule has 2 aromatic heterocycles. The van der Waals surface area contributed by atoms with Gasteiger partial charge >= 0.3 is 0 Å². The molecule has 102 valence electrons. The molecule has 0 saturated heterocycles. The average molecular weight is 341 g/mol. The molecule has 0 unspecified atom stereocenters. The number of hydrogen-bond donors (Lipinski definition) is 1. The van der Waals surface area contributed by atoms with Gasteiger partial charge in [0.05, 0.1) is 15.7 Å². The van der Waals surface area contributed by atoms with Crippen LogP contribution < -0.4 is 5.32 Å². The Morgan fingerprint density at radius 2 is 2.16 bits per heavy atom. The van der Waals surface area contributed by atoms with Crippen LogP contribution in [0.1, 0.15) is 38.8 Å². The monoisotopic (exact) mass is 340 g/mol. The van der Waals surface area contributed by atoms with Crippen molar-refractivity contribution in [1.82, 2.24) is 15.0 Å². The first-order valence-electron chi connectivity index (χ1n) is 6.33. The van der Waals surface area contributed by atoms with Gasteiger partial charge in [0.25, 0.3) is 0 Å². The van der Waals surface area contributed by atoms with Gasteiger partial charge in [0.2, 0.25) is 0 Å². The van der Waals surface area contributed by atoms with Crippen molar-refractivity contribution in [2.24, 2.45) is 0 Å². The minimum atomic E-state index is 0.330. The third-order valence-corrected chi connectivity index (χ3v) is 4.00. The van der Waals surface area contributed by atoms with Gasteiger partial charge in [0.15, 0.2) is 5.82 Å². The Morgan fingerprint density at radius 3 is 2.74 bits per heavy atom. The molecule has 0 aliphatic rings. The maximum Gasteiger partial charge on any atom is 0.181 e. The average Bonchev–Trinajstić information content (AvgIpc) is 2.91. The summed E-state index contributed by atoms with van der Waals surface area (Å²) in [4.78, 5) is 13.5. The molecule has 0 radical (unpaired) electrons. The molecule has 2 heterocycles. The van der Waals surface area contributed by atoms with E-state index in [1.54, 1.807) is 16.8 Å². The smallest absolute Gasteiger partial charge is 0.181 e. The van der Waals surface area contributed by atoms with Crippen molar-refractivity contribution in [3.05, 3.63) is 21.1 Å². The molecular weight excluding hydrogens is 324 g/mol. The van der Waals surface area contributed by atoms with E-state index in [1.165, 1.54) is 0 Å². The molecule has 6 heteroatoms. The zero-order valence-electron chi connectivity index (χ0n) is 11.3. The number of hydrogen-bond acceptors (Lipinski definition) is 5. The second-order valence-corrected chi connectivity index (χ2v) is 6.06. The van der Waals surface area contributed by atoms with Crippen molar-refractivity contribution in [2.75, 3.05) is 11.9 Å². The van der Waals surface area contributed by atoms with Crippen LogP contribution in [0.3, 0.4) is 0 Å². The lowest BCUT2D eigenvalue weighted by atomic mass is 10.1. The number of nitrogens with zero attached hydrogens (tertiary/aromatic N) is 3. The quantitative estimate of drug-likeness (QED) is 0.881. The van der Waals surface area contributed by atoms with E-state index in [4.69, 9.17) is 0 Å². The van der Waals surface area contributed by atoms with Gasteiger partial charge in [-0.1, -0.05) is 20.8 Å². The van der Waals surface area contributed by atoms with Crippen LogP contribution in [0.2, 0.25) is 0 Å². The molecule has 2 rings (SSSR count). The van der Waals surface area contributed by atoms with E-state index in [0.717, 1.165) is 34.6 Å². The Morgan fingerprint density at radius 1 is 1.37 bits per heavy atom.